The number of carbonyl (C=O) groups is 1. The number of hydrogen-bond acceptors (Lipinski definition) is 8. The molecule has 0 radical (unpaired) electrons. The first kappa shape index (κ1) is 33.2. The maximum Gasteiger partial charge on any atom is 0.394 e. The SMILES string of the molecule is Cc1c(S(=O)(=O)NC(=O)c2ccc(-n3ccc(OCCC4(C(F)(F)F)CC4)n3)nc2Cl)cnn1CCCCC1CNC(C)(C)C1. The molecule has 1 unspecified atom stereocenters. The van der Waals surface area contributed by atoms with Crippen molar-refractivity contribution in [2.45, 2.75) is 88.9 Å². The Morgan fingerprint density at radius 2 is 1.98 bits per heavy atom. The highest BCUT2D eigenvalue weighted by atomic mass is 35.5. The first-order chi connectivity index (χ1) is 21.1. The molecule has 5 rings (SSSR count). The summed E-state index contributed by atoms with van der Waals surface area (Å²) in [6, 6.07) is 4.17. The summed E-state index contributed by atoms with van der Waals surface area (Å²) < 4.78 is 75.9. The Labute approximate surface area is 264 Å². The highest BCUT2D eigenvalue weighted by molar-refractivity contribution is 7.90. The predicted molar refractivity (Wildman–Crippen MR) is 160 cm³/mol. The van der Waals surface area contributed by atoms with Crippen LogP contribution >= 0.6 is 11.6 Å². The van der Waals surface area contributed by atoms with Gasteiger partial charge in [-0.1, -0.05) is 18.0 Å². The topological polar surface area (TPSA) is 133 Å². The molecule has 0 bridgehead atoms. The number of nitrogens with one attached hydrogen (secondary N) is 2. The van der Waals surface area contributed by atoms with E-state index >= 15 is 0 Å². The number of hydrogen-bond donors (Lipinski definition) is 2. The quantitative estimate of drug-likeness (QED) is 0.187. The number of rotatable bonds is 13. The van der Waals surface area contributed by atoms with Crippen molar-refractivity contribution in [3.8, 4) is 11.7 Å². The zero-order valence-electron chi connectivity index (χ0n) is 25.3. The summed E-state index contributed by atoms with van der Waals surface area (Å²) >= 11 is 6.24. The average Bonchev–Trinajstić information content (AvgIpc) is 3.25. The van der Waals surface area contributed by atoms with Crippen molar-refractivity contribution in [2.24, 2.45) is 11.3 Å². The molecule has 2 aliphatic rings. The molecule has 1 atom stereocenters. The van der Waals surface area contributed by atoms with Gasteiger partial charge in [-0.25, -0.2) is 22.8 Å². The standard InChI is InChI=1S/C29H37ClF3N7O4S/c1-19-22(18-35-39(19)13-5-4-6-20-16-27(2,3)34-17-20)45(42,43)38-26(41)21-7-8-23(36-25(21)30)40-14-9-24(37-40)44-15-12-28(10-11-28)29(31,32)33/h7-9,14,18,20,34H,4-6,10-13,15-17H2,1-3H3,(H,38,41). The summed E-state index contributed by atoms with van der Waals surface area (Å²) in [6.45, 7) is 7.47. The van der Waals surface area contributed by atoms with Gasteiger partial charge in [0, 0.05) is 24.3 Å². The van der Waals surface area contributed by atoms with Crippen LogP contribution in [0.5, 0.6) is 5.88 Å². The Bertz CT molecular complexity index is 1650. The van der Waals surface area contributed by atoms with Gasteiger partial charge in [0.2, 0.25) is 5.88 Å². The number of sulfonamides is 1. The number of alkyl halides is 3. The van der Waals surface area contributed by atoms with Crippen molar-refractivity contribution in [1.29, 1.82) is 0 Å². The molecule has 1 aliphatic carbocycles. The lowest BCUT2D eigenvalue weighted by atomic mass is 9.93. The number of aromatic nitrogens is 5. The van der Waals surface area contributed by atoms with Crippen LogP contribution in [0.2, 0.25) is 5.15 Å². The Balaban J connectivity index is 1.14. The highest BCUT2D eigenvalue weighted by Crippen LogP contribution is 2.59. The summed E-state index contributed by atoms with van der Waals surface area (Å²) in [5.41, 5.74) is -1.26. The lowest BCUT2D eigenvalue weighted by Gasteiger charge is -2.18. The number of ether oxygens (including phenoxy) is 1. The van der Waals surface area contributed by atoms with Crippen LogP contribution < -0.4 is 14.8 Å². The third kappa shape index (κ3) is 7.63. The number of carbonyl (C=O) groups excluding carboxylic acids is 1. The van der Waals surface area contributed by atoms with Crippen LogP contribution in [0.4, 0.5) is 13.2 Å². The number of halogens is 4. The zero-order valence-corrected chi connectivity index (χ0v) is 26.9. The van der Waals surface area contributed by atoms with Crippen LogP contribution in [-0.2, 0) is 16.6 Å². The Morgan fingerprint density at radius 1 is 1.22 bits per heavy atom. The number of nitrogens with zero attached hydrogens (tertiary/aromatic N) is 5. The van der Waals surface area contributed by atoms with E-state index in [1.165, 1.54) is 35.3 Å². The van der Waals surface area contributed by atoms with Gasteiger partial charge in [-0.3, -0.25) is 9.48 Å². The van der Waals surface area contributed by atoms with Crippen LogP contribution in [0.25, 0.3) is 5.82 Å². The fourth-order valence-electron chi connectivity index (χ4n) is 5.75. The van der Waals surface area contributed by atoms with E-state index in [9.17, 15) is 26.4 Å². The smallest absolute Gasteiger partial charge is 0.394 e. The number of unbranched alkanes of at least 4 members (excludes halogenated alkanes) is 1. The number of amides is 1. The lowest BCUT2D eigenvalue weighted by Crippen LogP contribution is -2.31. The molecular formula is C29H37ClF3N7O4S. The molecule has 1 aliphatic heterocycles. The summed E-state index contributed by atoms with van der Waals surface area (Å²) in [5.74, 6) is -0.0497. The Morgan fingerprint density at radius 3 is 2.62 bits per heavy atom. The van der Waals surface area contributed by atoms with Gasteiger partial charge in [0.05, 0.1) is 29.5 Å². The van der Waals surface area contributed by atoms with E-state index < -0.39 is 27.5 Å². The monoisotopic (exact) mass is 671 g/mol. The second kappa shape index (κ2) is 12.6. The van der Waals surface area contributed by atoms with Crippen LogP contribution in [0.3, 0.4) is 0 Å². The van der Waals surface area contributed by atoms with Crippen molar-refractivity contribution >= 4 is 27.5 Å². The third-order valence-corrected chi connectivity index (χ3v) is 10.4. The number of aryl methyl sites for hydroxylation is 1. The van der Waals surface area contributed by atoms with Crippen LogP contribution in [-0.4, -0.2) is 63.7 Å². The molecule has 0 spiro atoms. The minimum atomic E-state index is -4.26. The molecule has 11 nitrogen and oxygen atoms in total. The van der Waals surface area contributed by atoms with Crippen molar-refractivity contribution < 1.29 is 31.1 Å². The average molecular weight is 672 g/mol. The summed E-state index contributed by atoms with van der Waals surface area (Å²) in [7, 11) is -4.26. The van der Waals surface area contributed by atoms with Gasteiger partial charge < -0.3 is 10.1 Å². The molecule has 1 amide bonds. The molecule has 246 valence electrons. The molecule has 0 aromatic carbocycles. The minimum absolute atomic E-state index is 0.0960. The van der Waals surface area contributed by atoms with E-state index in [-0.39, 0.29) is 58.7 Å². The van der Waals surface area contributed by atoms with E-state index in [0.29, 0.717) is 18.2 Å². The van der Waals surface area contributed by atoms with Crippen molar-refractivity contribution in [3.63, 3.8) is 0 Å². The maximum atomic E-state index is 13.1. The lowest BCUT2D eigenvalue weighted by molar-refractivity contribution is -0.190. The maximum absolute atomic E-state index is 13.1. The van der Waals surface area contributed by atoms with Crippen molar-refractivity contribution in [3.05, 3.63) is 47.0 Å². The fraction of sp³-hybridized carbons (Fsp3) is 0.586. The van der Waals surface area contributed by atoms with E-state index in [1.54, 1.807) is 11.6 Å². The summed E-state index contributed by atoms with van der Waals surface area (Å²) in [5, 5.41) is 11.6. The first-order valence-electron chi connectivity index (χ1n) is 14.9. The molecule has 1 saturated carbocycles. The van der Waals surface area contributed by atoms with Gasteiger partial charge in [-0.2, -0.15) is 18.3 Å². The molecule has 3 aromatic rings. The molecule has 1 saturated heterocycles. The first-order valence-corrected chi connectivity index (χ1v) is 16.7. The molecule has 4 heterocycles. The van der Waals surface area contributed by atoms with Gasteiger partial charge in [-0.05, 0) is 83.9 Å². The Hall–Kier alpha value is -3.17. The van der Waals surface area contributed by atoms with Gasteiger partial charge >= 0.3 is 6.18 Å². The molecule has 2 N–H and O–H groups in total. The minimum Gasteiger partial charge on any atom is -0.477 e. The number of pyridine rings is 1. The second-order valence-corrected chi connectivity index (χ2v) is 14.6. The summed E-state index contributed by atoms with van der Waals surface area (Å²) in [6.07, 6.45) is 2.55. The predicted octanol–water partition coefficient (Wildman–Crippen LogP) is 5.21. The van der Waals surface area contributed by atoms with E-state index in [4.69, 9.17) is 16.3 Å². The highest BCUT2D eigenvalue weighted by Gasteiger charge is 2.62. The van der Waals surface area contributed by atoms with E-state index in [2.05, 4.69) is 34.3 Å². The third-order valence-electron chi connectivity index (χ3n) is 8.64. The van der Waals surface area contributed by atoms with Crippen LogP contribution in [0.15, 0.2) is 35.5 Å². The van der Waals surface area contributed by atoms with Crippen LogP contribution in [0.1, 0.15) is 74.8 Å². The molecule has 45 heavy (non-hydrogen) atoms. The zero-order chi connectivity index (χ0) is 32.6. The fourth-order valence-corrected chi connectivity index (χ4v) is 7.13. The summed E-state index contributed by atoms with van der Waals surface area (Å²) in [4.78, 5) is 16.9. The van der Waals surface area contributed by atoms with Crippen molar-refractivity contribution in [1.82, 2.24) is 34.6 Å². The van der Waals surface area contributed by atoms with Crippen LogP contribution in [0, 0.1) is 18.3 Å². The molecular weight excluding hydrogens is 635 g/mol. The second-order valence-electron chi connectivity index (χ2n) is 12.6. The molecule has 2 fully saturated rings. The van der Waals surface area contributed by atoms with Gasteiger partial charge in [0.1, 0.15) is 10.0 Å². The van der Waals surface area contributed by atoms with Gasteiger partial charge in [0.15, 0.2) is 5.82 Å². The largest absolute Gasteiger partial charge is 0.477 e. The molecule has 3 aromatic heterocycles. The molecule has 16 heteroatoms. The normalized spacial score (nSPS) is 19.0. The van der Waals surface area contributed by atoms with E-state index in [0.717, 1.165) is 32.2 Å². The Kier molecular flexibility index (Phi) is 9.26. The van der Waals surface area contributed by atoms with Gasteiger partial charge in [-0.15, -0.1) is 5.10 Å². The van der Waals surface area contributed by atoms with Crippen molar-refractivity contribution in [2.75, 3.05) is 13.2 Å². The van der Waals surface area contributed by atoms with E-state index in [1.807, 2.05) is 4.72 Å². The van der Waals surface area contributed by atoms with Gasteiger partial charge in [0.25, 0.3) is 15.9 Å².